The summed E-state index contributed by atoms with van der Waals surface area (Å²) in [7, 11) is 1.32. The van der Waals surface area contributed by atoms with Crippen molar-refractivity contribution < 1.29 is 24.2 Å². The van der Waals surface area contributed by atoms with Gasteiger partial charge in [-0.1, -0.05) is 19.8 Å². The number of urea groups is 1. The van der Waals surface area contributed by atoms with E-state index in [1.54, 1.807) is 0 Å². The third-order valence-corrected chi connectivity index (χ3v) is 3.45. The van der Waals surface area contributed by atoms with Gasteiger partial charge in [-0.3, -0.25) is 4.79 Å². The summed E-state index contributed by atoms with van der Waals surface area (Å²) in [5, 5.41) is 11.6. The van der Waals surface area contributed by atoms with Crippen molar-refractivity contribution in [3.8, 4) is 0 Å². The molecule has 0 aromatic carbocycles. The van der Waals surface area contributed by atoms with E-state index in [4.69, 9.17) is 5.11 Å². The molecule has 0 aliphatic carbocycles. The maximum Gasteiger partial charge on any atom is 0.326 e. The number of carboxylic acids is 1. The van der Waals surface area contributed by atoms with E-state index in [0.29, 0.717) is 19.4 Å². The Morgan fingerprint density at radius 1 is 1.45 bits per heavy atom. The number of nitrogens with one attached hydrogen (secondary N) is 1. The van der Waals surface area contributed by atoms with Gasteiger partial charge in [0, 0.05) is 13.1 Å². The number of nitrogens with zero attached hydrogens (tertiary/aromatic N) is 1. The lowest BCUT2D eigenvalue weighted by Gasteiger charge is -2.20. The molecule has 2 amide bonds. The molecule has 2 N–H and O–H groups in total. The third kappa shape index (κ3) is 4.40. The number of amides is 2. The number of carbonyl (C=O) groups is 3. The normalized spacial score (nSPS) is 19.5. The fourth-order valence-electron chi connectivity index (χ4n) is 2.21. The molecule has 0 spiro atoms. The Morgan fingerprint density at radius 2 is 2.15 bits per heavy atom. The van der Waals surface area contributed by atoms with Crippen LogP contribution in [-0.2, 0) is 14.3 Å². The molecule has 7 heteroatoms. The van der Waals surface area contributed by atoms with Crippen molar-refractivity contribution in [2.45, 2.75) is 38.6 Å². The average molecular weight is 286 g/mol. The largest absolute Gasteiger partial charge is 0.480 e. The highest BCUT2D eigenvalue weighted by atomic mass is 16.5. The zero-order valence-corrected chi connectivity index (χ0v) is 11.9. The predicted molar refractivity (Wildman–Crippen MR) is 71.2 cm³/mol. The van der Waals surface area contributed by atoms with Crippen LogP contribution in [0.4, 0.5) is 4.79 Å². The number of esters is 1. The molecular formula is C13H22N2O5. The van der Waals surface area contributed by atoms with Crippen LogP contribution >= 0.6 is 0 Å². The van der Waals surface area contributed by atoms with Crippen LogP contribution in [0.3, 0.4) is 0 Å². The first-order valence-electron chi connectivity index (χ1n) is 6.85. The highest BCUT2D eigenvalue weighted by molar-refractivity contribution is 5.83. The van der Waals surface area contributed by atoms with Crippen molar-refractivity contribution in [1.29, 1.82) is 0 Å². The lowest BCUT2D eigenvalue weighted by atomic mass is 10.1. The maximum absolute atomic E-state index is 12.0. The molecular weight excluding hydrogens is 264 g/mol. The number of rotatable bonds is 6. The van der Waals surface area contributed by atoms with Crippen LogP contribution in [0, 0.1) is 5.92 Å². The van der Waals surface area contributed by atoms with Crippen molar-refractivity contribution in [3.63, 3.8) is 0 Å². The minimum absolute atomic E-state index is 0.276. The zero-order valence-electron chi connectivity index (χ0n) is 11.9. The number of unbranched alkanes of at least 4 members (excludes halogenated alkanes) is 1. The fraction of sp³-hybridized carbons (Fsp3) is 0.769. The molecule has 1 aliphatic rings. The minimum Gasteiger partial charge on any atom is -0.480 e. The van der Waals surface area contributed by atoms with Crippen LogP contribution < -0.4 is 5.32 Å². The molecule has 1 unspecified atom stereocenters. The predicted octanol–water partition coefficient (Wildman–Crippen LogP) is 0.834. The first-order valence-corrected chi connectivity index (χ1v) is 6.85. The quantitative estimate of drug-likeness (QED) is 0.705. The van der Waals surface area contributed by atoms with Gasteiger partial charge in [0.25, 0.3) is 0 Å². The van der Waals surface area contributed by atoms with Gasteiger partial charge in [0.1, 0.15) is 6.04 Å². The number of hydrogen-bond donors (Lipinski definition) is 2. The Labute approximate surface area is 118 Å². The van der Waals surface area contributed by atoms with Crippen LogP contribution in [0.5, 0.6) is 0 Å². The van der Waals surface area contributed by atoms with Crippen molar-refractivity contribution >= 4 is 18.0 Å². The zero-order chi connectivity index (χ0) is 15.1. The molecule has 0 aromatic rings. The molecule has 114 valence electrons. The van der Waals surface area contributed by atoms with E-state index >= 15 is 0 Å². The van der Waals surface area contributed by atoms with E-state index in [2.05, 4.69) is 10.1 Å². The number of likely N-dealkylation sites (tertiary alicyclic amines) is 1. The van der Waals surface area contributed by atoms with Gasteiger partial charge in [0.2, 0.25) is 0 Å². The number of aliphatic carboxylic acids is 1. The van der Waals surface area contributed by atoms with Crippen molar-refractivity contribution in [3.05, 3.63) is 0 Å². The molecule has 7 nitrogen and oxygen atoms in total. The lowest BCUT2D eigenvalue weighted by Crippen LogP contribution is -2.47. The Morgan fingerprint density at radius 3 is 2.70 bits per heavy atom. The summed E-state index contributed by atoms with van der Waals surface area (Å²) in [5.74, 6) is -1.68. The maximum atomic E-state index is 12.0. The topological polar surface area (TPSA) is 95.9 Å². The van der Waals surface area contributed by atoms with Crippen molar-refractivity contribution in [2.24, 2.45) is 5.92 Å². The number of carboxylic acid groups (broad SMARTS) is 1. The summed E-state index contributed by atoms with van der Waals surface area (Å²) in [5.41, 5.74) is 0. The van der Waals surface area contributed by atoms with Gasteiger partial charge in [-0.05, 0) is 12.8 Å². The van der Waals surface area contributed by atoms with E-state index in [-0.39, 0.29) is 18.4 Å². The number of ether oxygens (including phenoxy) is 1. The summed E-state index contributed by atoms with van der Waals surface area (Å²) in [6, 6.07) is -1.31. The second-order valence-corrected chi connectivity index (χ2v) is 4.94. The molecule has 1 fully saturated rings. The fourth-order valence-corrected chi connectivity index (χ4v) is 2.21. The van der Waals surface area contributed by atoms with Gasteiger partial charge in [0.15, 0.2) is 0 Å². The molecule has 0 aromatic heterocycles. The molecule has 1 heterocycles. The van der Waals surface area contributed by atoms with Gasteiger partial charge < -0.3 is 20.1 Å². The second-order valence-electron chi connectivity index (χ2n) is 4.94. The van der Waals surface area contributed by atoms with Gasteiger partial charge in [0.05, 0.1) is 13.0 Å². The van der Waals surface area contributed by atoms with Gasteiger partial charge in [-0.15, -0.1) is 0 Å². The molecule has 1 rings (SSSR count). The Bertz CT molecular complexity index is 372. The molecule has 0 bridgehead atoms. The molecule has 0 saturated carbocycles. The Kier molecular flexibility index (Phi) is 6.27. The lowest BCUT2D eigenvalue weighted by molar-refractivity contribution is -0.145. The summed E-state index contributed by atoms with van der Waals surface area (Å²) in [6.45, 7) is 2.67. The van der Waals surface area contributed by atoms with E-state index in [0.717, 1.165) is 12.8 Å². The highest BCUT2D eigenvalue weighted by Crippen LogP contribution is 2.17. The summed E-state index contributed by atoms with van der Waals surface area (Å²) in [4.78, 5) is 35.9. The minimum atomic E-state index is -1.03. The van der Waals surface area contributed by atoms with Crippen LogP contribution in [0.1, 0.15) is 32.6 Å². The van der Waals surface area contributed by atoms with Gasteiger partial charge >= 0.3 is 18.0 Å². The van der Waals surface area contributed by atoms with E-state index in [9.17, 15) is 14.4 Å². The first kappa shape index (κ1) is 16.3. The molecule has 2 atom stereocenters. The number of carbonyl (C=O) groups excluding carboxylic acids is 2. The molecule has 0 radical (unpaired) electrons. The van der Waals surface area contributed by atoms with Crippen LogP contribution in [-0.4, -0.2) is 54.2 Å². The first-order chi connectivity index (χ1) is 9.49. The van der Waals surface area contributed by atoms with Crippen LogP contribution in [0.25, 0.3) is 0 Å². The average Bonchev–Trinajstić information content (AvgIpc) is 2.91. The van der Waals surface area contributed by atoms with Crippen LogP contribution in [0.15, 0.2) is 0 Å². The summed E-state index contributed by atoms with van der Waals surface area (Å²) >= 11 is 0. The number of methoxy groups -OCH3 is 1. The summed E-state index contributed by atoms with van der Waals surface area (Å²) in [6.07, 6.45) is 2.56. The standard InChI is InChI=1S/C13H22N2O5/c1-3-4-5-10(11(16)17)14-13(19)15-7-6-9(8-15)12(18)20-2/h9-10H,3-8H2,1-2H3,(H,14,19)(H,16,17)/t9?,10-/m0/s1. The second kappa shape index (κ2) is 7.72. The molecule has 1 saturated heterocycles. The van der Waals surface area contributed by atoms with E-state index in [1.807, 2.05) is 6.92 Å². The molecule has 1 aliphatic heterocycles. The van der Waals surface area contributed by atoms with Gasteiger partial charge in [-0.2, -0.15) is 0 Å². The number of hydrogen-bond acceptors (Lipinski definition) is 4. The van der Waals surface area contributed by atoms with Crippen molar-refractivity contribution in [2.75, 3.05) is 20.2 Å². The van der Waals surface area contributed by atoms with E-state index < -0.39 is 18.0 Å². The SMILES string of the molecule is CCCC[C@H](NC(=O)N1CCC(C(=O)OC)C1)C(=O)O. The van der Waals surface area contributed by atoms with Gasteiger partial charge in [-0.25, -0.2) is 9.59 Å². The third-order valence-electron chi connectivity index (χ3n) is 3.45. The molecule has 20 heavy (non-hydrogen) atoms. The Hall–Kier alpha value is -1.79. The van der Waals surface area contributed by atoms with Crippen LogP contribution in [0.2, 0.25) is 0 Å². The summed E-state index contributed by atoms with van der Waals surface area (Å²) < 4.78 is 4.64. The highest BCUT2D eigenvalue weighted by Gasteiger charge is 2.33. The smallest absolute Gasteiger partial charge is 0.326 e. The Balaban J connectivity index is 2.49. The van der Waals surface area contributed by atoms with E-state index in [1.165, 1.54) is 12.0 Å². The monoisotopic (exact) mass is 286 g/mol. The van der Waals surface area contributed by atoms with Crippen molar-refractivity contribution in [1.82, 2.24) is 10.2 Å².